The molecule has 0 atom stereocenters. The molecular weight excluding hydrogens is 330 g/mol. The Balaban J connectivity index is 1.87. The summed E-state index contributed by atoms with van der Waals surface area (Å²) < 4.78 is 5.51. The minimum atomic E-state index is -0.170. The fraction of sp³-hybridized carbons (Fsp3) is 0.300. The van der Waals surface area contributed by atoms with Gasteiger partial charge in [-0.25, -0.2) is 0 Å². The van der Waals surface area contributed by atoms with E-state index in [1.165, 1.54) is 4.90 Å². The number of amides is 2. The van der Waals surface area contributed by atoms with Crippen molar-refractivity contribution in [3.8, 4) is 5.75 Å². The third kappa shape index (κ3) is 5.81. The van der Waals surface area contributed by atoms with Crippen LogP contribution in [0.15, 0.2) is 48.5 Å². The first-order valence-corrected chi connectivity index (χ1v) is 8.58. The molecule has 26 heavy (non-hydrogen) atoms. The molecule has 6 heteroatoms. The maximum atomic E-state index is 12.1. The van der Waals surface area contributed by atoms with Crippen LogP contribution in [0.2, 0.25) is 0 Å². The van der Waals surface area contributed by atoms with E-state index in [1.807, 2.05) is 25.1 Å². The summed E-state index contributed by atoms with van der Waals surface area (Å²) >= 11 is 0. The van der Waals surface area contributed by atoms with Crippen LogP contribution in [-0.2, 0) is 4.79 Å². The Morgan fingerprint density at radius 3 is 2.42 bits per heavy atom. The monoisotopic (exact) mass is 355 g/mol. The first kappa shape index (κ1) is 19.3. The summed E-state index contributed by atoms with van der Waals surface area (Å²) in [5, 5.41) is 5.85. The van der Waals surface area contributed by atoms with E-state index in [9.17, 15) is 9.59 Å². The molecule has 6 nitrogen and oxygen atoms in total. The number of hydrogen-bond acceptors (Lipinski definition) is 4. The minimum Gasteiger partial charge on any atom is -0.494 e. The van der Waals surface area contributed by atoms with Gasteiger partial charge in [0.2, 0.25) is 5.91 Å². The van der Waals surface area contributed by atoms with E-state index >= 15 is 0 Å². The molecule has 0 aliphatic rings. The SMILES string of the molecule is CCCOc1ccc(NC(=O)CNc2cccc(C(=O)N(C)C)c2)cc1. The van der Waals surface area contributed by atoms with Crippen LogP contribution < -0.4 is 15.4 Å². The molecule has 2 amide bonds. The van der Waals surface area contributed by atoms with Gasteiger partial charge in [0.05, 0.1) is 13.2 Å². The maximum absolute atomic E-state index is 12.1. The molecule has 0 spiro atoms. The van der Waals surface area contributed by atoms with Crippen LogP contribution >= 0.6 is 0 Å². The Morgan fingerprint density at radius 2 is 1.77 bits per heavy atom. The molecule has 0 heterocycles. The second-order valence-electron chi connectivity index (χ2n) is 6.05. The summed E-state index contributed by atoms with van der Waals surface area (Å²) in [6, 6.07) is 14.3. The molecule has 0 bridgehead atoms. The van der Waals surface area contributed by atoms with E-state index in [0.717, 1.165) is 17.9 Å². The molecule has 0 unspecified atom stereocenters. The van der Waals surface area contributed by atoms with Crippen LogP contribution in [0.5, 0.6) is 5.75 Å². The van der Waals surface area contributed by atoms with Crippen LogP contribution in [0.4, 0.5) is 11.4 Å². The Labute approximate surface area is 154 Å². The quantitative estimate of drug-likeness (QED) is 0.763. The number of carbonyl (C=O) groups excluding carboxylic acids is 2. The fourth-order valence-corrected chi connectivity index (χ4v) is 2.26. The van der Waals surface area contributed by atoms with Crippen molar-refractivity contribution >= 4 is 23.2 Å². The molecule has 0 aliphatic carbocycles. The van der Waals surface area contributed by atoms with Crippen LogP contribution in [0, 0.1) is 0 Å². The first-order valence-electron chi connectivity index (χ1n) is 8.58. The van der Waals surface area contributed by atoms with Crippen molar-refractivity contribution in [2.75, 3.05) is 37.9 Å². The van der Waals surface area contributed by atoms with Crippen molar-refractivity contribution in [2.24, 2.45) is 0 Å². The Morgan fingerprint density at radius 1 is 1.04 bits per heavy atom. The van der Waals surface area contributed by atoms with Crippen molar-refractivity contribution in [1.29, 1.82) is 0 Å². The third-order valence-electron chi connectivity index (χ3n) is 3.58. The third-order valence-corrected chi connectivity index (χ3v) is 3.58. The fourth-order valence-electron chi connectivity index (χ4n) is 2.26. The van der Waals surface area contributed by atoms with E-state index in [2.05, 4.69) is 10.6 Å². The second-order valence-corrected chi connectivity index (χ2v) is 6.05. The number of ether oxygens (including phenoxy) is 1. The van der Waals surface area contributed by atoms with Crippen LogP contribution in [0.25, 0.3) is 0 Å². The lowest BCUT2D eigenvalue weighted by Crippen LogP contribution is -2.23. The Kier molecular flexibility index (Phi) is 7.02. The smallest absolute Gasteiger partial charge is 0.253 e. The number of anilines is 2. The topological polar surface area (TPSA) is 70.7 Å². The van der Waals surface area contributed by atoms with Crippen molar-refractivity contribution in [2.45, 2.75) is 13.3 Å². The number of benzene rings is 2. The zero-order valence-electron chi connectivity index (χ0n) is 15.4. The van der Waals surface area contributed by atoms with E-state index in [-0.39, 0.29) is 18.4 Å². The first-order chi connectivity index (χ1) is 12.5. The predicted molar refractivity (Wildman–Crippen MR) is 104 cm³/mol. The summed E-state index contributed by atoms with van der Waals surface area (Å²) in [4.78, 5) is 25.6. The number of rotatable bonds is 8. The molecule has 2 N–H and O–H groups in total. The molecular formula is C20H25N3O3. The summed E-state index contributed by atoms with van der Waals surface area (Å²) in [6.45, 7) is 2.83. The summed E-state index contributed by atoms with van der Waals surface area (Å²) in [7, 11) is 3.41. The van der Waals surface area contributed by atoms with Gasteiger partial charge in [-0.2, -0.15) is 0 Å². The van der Waals surface area contributed by atoms with Crippen molar-refractivity contribution in [3.05, 3.63) is 54.1 Å². The number of hydrogen-bond donors (Lipinski definition) is 2. The second kappa shape index (κ2) is 9.46. The average Bonchev–Trinajstić information content (AvgIpc) is 2.65. The minimum absolute atomic E-state index is 0.0801. The Bertz CT molecular complexity index is 742. The molecule has 0 fully saturated rings. The zero-order valence-corrected chi connectivity index (χ0v) is 15.4. The molecule has 0 radical (unpaired) electrons. The van der Waals surface area contributed by atoms with Gasteiger partial charge in [0.25, 0.3) is 5.91 Å². The van der Waals surface area contributed by atoms with Crippen LogP contribution in [0.3, 0.4) is 0 Å². The van der Waals surface area contributed by atoms with E-state index in [4.69, 9.17) is 4.74 Å². The van der Waals surface area contributed by atoms with Gasteiger partial charge >= 0.3 is 0 Å². The van der Waals surface area contributed by atoms with Crippen LogP contribution in [-0.4, -0.2) is 44.0 Å². The van der Waals surface area contributed by atoms with E-state index in [0.29, 0.717) is 17.9 Å². The van der Waals surface area contributed by atoms with Gasteiger partial charge < -0.3 is 20.3 Å². The van der Waals surface area contributed by atoms with Gasteiger partial charge in [-0.3, -0.25) is 9.59 Å². The average molecular weight is 355 g/mol. The van der Waals surface area contributed by atoms with Crippen LogP contribution in [0.1, 0.15) is 23.7 Å². The van der Waals surface area contributed by atoms with Gasteiger partial charge in [0, 0.05) is 31.0 Å². The molecule has 2 aromatic rings. The molecule has 0 saturated heterocycles. The van der Waals surface area contributed by atoms with Crippen molar-refractivity contribution in [3.63, 3.8) is 0 Å². The molecule has 0 aromatic heterocycles. The lowest BCUT2D eigenvalue weighted by atomic mass is 10.2. The lowest BCUT2D eigenvalue weighted by molar-refractivity contribution is -0.114. The number of nitrogens with zero attached hydrogens (tertiary/aromatic N) is 1. The van der Waals surface area contributed by atoms with E-state index < -0.39 is 0 Å². The maximum Gasteiger partial charge on any atom is 0.253 e. The highest BCUT2D eigenvalue weighted by Gasteiger charge is 2.09. The summed E-state index contributed by atoms with van der Waals surface area (Å²) in [5.41, 5.74) is 2.00. The molecule has 2 aromatic carbocycles. The van der Waals surface area contributed by atoms with Gasteiger partial charge in [-0.1, -0.05) is 13.0 Å². The van der Waals surface area contributed by atoms with Gasteiger partial charge in [0.1, 0.15) is 5.75 Å². The van der Waals surface area contributed by atoms with E-state index in [1.54, 1.807) is 44.4 Å². The van der Waals surface area contributed by atoms with Gasteiger partial charge in [0.15, 0.2) is 0 Å². The molecule has 0 saturated carbocycles. The largest absolute Gasteiger partial charge is 0.494 e. The van der Waals surface area contributed by atoms with Gasteiger partial charge in [-0.15, -0.1) is 0 Å². The highest BCUT2D eigenvalue weighted by Crippen LogP contribution is 2.16. The number of carbonyl (C=O) groups is 2. The molecule has 2 rings (SSSR count). The summed E-state index contributed by atoms with van der Waals surface area (Å²) in [6.07, 6.45) is 0.950. The normalized spacial score (nSPS) is 10.1. The number of nitrogens with one attached hydrogen (secondary N) is 2. The summed E-state index contributed by atoms with van der Waals surface area (Å²) in [5.74, 6) is 0.533. The van der Waals surface area contributed by atoms with Gasteiger partial charge in [-0.05, 0) is 48.9 Å². The predicted octanol–water partition coefficient (Wildman–Crippen LogP) is 3.23. The molecule has 0 aliphatic heterocycles. The zero-order chi connectivity index (χ0) is 18.9. The van der Waals surface area contributed by atoms with Crippen molar-refractivity contribution in [1.82, 2.24) is 4.90 Å². The highest BCUT2D eigenvalue weighted by molar-refractivity contribution is 5.96. The lowest BCUT2D eigenvalue weighted by Gasteiger charge is -2.12. The molecule has 138 valence electrons. The Hall–Kier alpha value is -3.02. The van der Waals surface area contributed by atoms with Crippen molar-refractivity contribution < 1.29 is 14.3 Å². The standard InChI is InChI=1S/C20H25N3O3/c1-4-12-26-18-10-8-16(9-11-18)22-19(24)14-21-17-7-5-6-15(13-17)20(25)23(2)3/h5-11,13,21H,4,12,14H2,1-3H3,(H,22,24). The highest BCUT2D eigenvalue weighted by atomic mass is 16.5.